The van der Waals surface area contributed by atoms with Gasteiger partial charge >= 0.3 is 17.1 Å². The summed E-state index contributed by atoms with van der Waals surface area (Å²) in [4.78, 5) is 0. The third kappa shape index (κ3) is 7.52. The number of hydrogen-bond acceptors (Lipinski definition) is 6. The minimum Gasteiger partial charge on any atom is -0.632 e. The van der Waals surface area contributed by atoms with E-state index in [1.54, 1.807) is 0 Å². The molecule has 0 aromatic carbocycles. The smallest absolute Gasteiger partial charge is 0.632 e. The molecule has 0 spiro atoms. The third-order valence-electron chi connectivity index (χ3n) is 14.1. The molecule has 9 aliphatic rings. The van der Waals surface area contributed by atoms with Crippen molar-refractivity contribution < 1.29 is 17.1 Å². The second-order valence-corrected chi connectivity index (χ2v) is 24.3. The monoisotopic (exact) mass is 1120 g/mol. The van der Waals surface area contributed by atoms with Crippen LogP contribution in [0.2, 0.25) is 0 Å². The Kier molecular flexibility index (Phi) is 15.1. The quantitative estimate of drug-likeness (QED) is 0.112. The van der Waals surface area contributed by atoms with Gasteiger partial charge in [-0.25, -0.2) is 0 Å². The molecule has 323 valence electrons. The number of nitrogens with one attached hydrogen (secondary N) is 6. The number of fused-ring (bicyclic) bond motifs is 20. The fourth-order valence-electron chi connectivity index (χ4n) is 11.5. The van der Waals surface area contributed by atoms with E-state index in [1.165, 1.54) is 0 Å². The molecule has 5 heterocycles. The van der Waals surface area contributed by atoms with E-state index in [9.17, 15) is 0 Å². The predicted molar refractivity (Wildman–Crippen MR) is 233 cm³/mol. The van der Waals surface area contributed by atoms with Gasteiger partial charge in [0.15, 0.2) is 0 Å². The van der Waals surface area contributed by atoms with Crippen LogP contribution in [0.25, 0.3) is 10.6 Å². The van der Waals surface area contributed by atoms with Gasteiger partial charge in [-0.2, -0.15) is 0 Å². The number of halogens is 15. The van der Waals surface area contributed by atoms with Crippen molar-refractivity contribution in [2.75, 3.05) is 0 Å². The SMILES string of the molecule is ClC1CC2C3[N-]C(NC4NC(NC5[N-]C(NC6NC(N3)C3C(Cl)C(Cl)C(Cl)C(Cl)C63)C3C(Cl)C(Cl)C(Cl)C(Cl)C53)C3C(Cl)C(Cl)C(Cl)C(Cl)C43)C2C(Cl)C1Cl.[Cu+2]. The summed E-state index contributed by atoms with van der Waals surface area (Å²) in [5.74, 6) is -2.13. The summed E-state index contributed by atoms with van der Waals surface area (Å²) >= 11 is 106. The molecule has 0 aromatic rings. The summed E-state index contributed by atoms with van der Waals surface area (Å²) in [6.07, 6.45) is -3.13. The van der Waals surface area contributed by atoms with Crippen LogP contribution in [0.5, 0.6) is 0 Å². The Morgan fingerprint density at radius 3 is 0.911 bits per heavy atom. The summed E-state index contributed by atoms with van der Waals surface area (Å²) in [5.41, 5.74) is 0. The number of rotatable bonds is 0. The molecule has 4 saturated carbocycles. The van der Waals surface area contributed by atoms with Crippen LogP contribution in [-0.2, 0) is 17.1 Å². The molecular weight excluding hydrogens is 1090 g/mol. The molecule has 56 heavy (non-hydrogen) atoms. The van der Waals surface area contributed by atoms with Crippen molar-refractivity contribution in [2.45, 2.75) is 136 Å². The zero-order valence-electron chi connectivity index (χ0n) is 28.5. The molecule has 5 saturated heterocycles. The van der Waals surface area contributed by atoms with Gasteiger partial charge in [-0.3, -0.25) is 10.6 Å². The van der Waals surface area contributed by atoms with Gasteiger partial charge in [-0.05, 0) is 30.1 Å². The van der Waals surface area contributed by atoms with Crippen LogP contribution >= 0.6 is 174 Å². The van der Waals surface area contributed by atoms with Crippen LogP contribution in [-0.4, -0.2) is 130 Å². The van der Waals surface area contributed by atoms with Gasteiger partial charge in [0, 0.05) is 23.7 Å². The minimum atomic E-state index is -0.629. The van der Waals surface area contributed by atoms with Gasteiger partial charge in [-0.15, -0.1) is 174 Å². The van der Waals surface area contributed by atoms with Crippen molar-refractivity contribution in [1.29, 1.82) is 0 Å². The van der Waals surface area contributed by atoms with Gasteiger partial charge < -0.3 is 31.9 Å². The van der Waals surface area contributed by atoms with E-state index in [0.717, 1.165) is 0 Å². The minimum absolute atomic E-state index is 0. The summed E-state index contributed by atoms with van der Waals surface area (Å²) in [5, 5.41) is 25.0. The zero-order chi connectivity index (χ0) is 39.3. The first-order valence-corrected chi connectivity index (χ1v) is 25.1. The van der Waals surface area contributed by atoms with Crippen LogP contribution in [0.15, 0.2) is 0 Å². The van der Waals surface area contributed by atoms with Crippen LogP contribution in [0.4, 0.5) is 0 Å². The van der Waals surface area contributed by atoms with E-state index in [0.29, 0.717) is 6.42 Å². The van der Waals surface area contributed by atoms with Crippen molar-refractivity contribution in [2.24, 2.45) is 47.3 Å². The van der Waals surface area contributed by atoms with Crippen molar-refractivity contribution in [3.05, 3.63) is 10.6 Å². The summed E-state index contributed by atoms with van der Waals surface area (Å²) in [6.45, 7) is 0. The van der Waals surface area contributed by atoms with E-state index in [1.807, 2.05) is 0 Å². The molecule has 24 heteroatoms. The number of nitrogens with zero attached hydrogens (tertiary/aromatic N) is 2. The second kappa shape index (κ2) is 18.0. The Morgan fingerprint density at radius 2 is 0.554 bits per heavy atom. The molecule has 0 aromatic heterocycles. The second-order valence-electron chi connectivity index (χ2n) is 16.7. The maximum Gasteiger partial charge on any atom is 2.00 e. The van der Waals surface area contributed by atoms with Gasteiger partial charge in [-0.1, -0.05) is 24.7 Å². The first kappa shape index (κ1) is 47.1. The Balaban J connectivity index is 0.00000441. The van der Waals surface area contributed by atoms with E-state index < -0.39 is 125 Å². The van der Waals surface area contributed by atoms with E-state index in [-0.39, 0.29) is 69.8 Å². The Hall–Kier alpha value is 4.55. The molecular formula is C32H39Cl15CuN8. The molecule has 8 bridgehead atoms. The van der Waals surface area contributed by atoms with E-state index in [4.69, 9.17) is 185 Å². The van der Waals surface area contributed by atoms with Crippen LogP contribution in [0, 0.1) is 47.3 Å². The maximum absolute atomic E-state index is 7.23. The molecule has 6 N–H and O–H groups in total. The molecule has 9 fully saturated rings. The van der Waals surface area contributed by atoms with Gasteiger partial charge in [0.1, 0.15) is 0 Å². The summed E-state index contributed by atoms with van der Waals surface area (Å²) < 4.78 is 0. The Bertz CT molecular complexity index is 1440. The van der Waals surface area contributed by atoms with Crippen molar-refractivity contribution in [3.8, 4) is 0 Å². The standard InChI is InChI=1S/C32H39Cl15N8.Cu/c33-3-1-2-4(12(35)11(3)34)26-48-25(2)49-27-5-6(14(37)20(43)19(42)13(5)36)29(51-27)53-31-9-10(18(41)24(47)23(46)17(9)40)32(55-31)54-30-8-7(28(50-26)52-30)15(38)21(44)22(45)16(8)39;/h2-32,49-54H,1H2;/q-2;+2. The maximum atomic E-state index is 7.23. The fourth-order valence-corrected chi connectivity index (χ4v) is 17.9. The molecule has 31 unspecified atom stereocenters. The molecule has 5 aliphatic heterocycles. The molecule has 4 aliphatic carbocycles. The van der Waals surface area contributed by atoms with Gasteiger partial charge in [0.25, 0.3) is 0 Å². The summed E-state index contributed by atoms with van der Waals surface area (Å²) in [6, 6.07) is 0. The van der Waals surface area contributed by atoms with Crippen molar-refractivity contribution >= 4 is 174 Å². The van der Waals surface area contributed by atoms with Crippen LogP contribution in [0.1, 0.15) is 6.42 Å². The molecule has 1 radical (unpaired) electrons. The molecule has 8 nitrogen and oxygen atoms in total. The average molecular weight is 1130 g/mol. The molecule has 0 amide bonds. The fraction of sp³-hybridized carbons (Fsp3) is 1.00. The first-order chi connectivity index (χ1) is 26.0. The first-order valence-electron chi connectivity index (χ1n) is 18.6. The summed E-state index contributed by atoms with van der Waals surface area (Å²) in [7, 11) is 0. The van der Waals surface area contributed by atoms with Gasteiger partial charge in [0.2, 0.25) is 0 Å². The Morgan fingerprint density at radius 1 is 0.286 bits per heavy atom. The average Bonchev–Trinajstić information content (AvgIpc) is 3.89. The van der Waals surface area contributed by atoms with E-state index >= 15 is 0 Å². The number of alkyl halides is 15. The Labute approximate surface area is 413 Å². The molecule has 31 atom stereocenters. The molecule has 9 rings (SSSR count). The van der Waals surface area contributed by atoms with Crippen LogP contribution < -0.4 is 31.9 Å². The zero-order valence-corrected chi connectivity index (χ0v) is 40.8. The van der Waals surface area contributed by atoms with Gasteiger partial charge in [0.05, 0.1) is 105 Å². The van der Waals surface area contributed by atoms with E-state index in [2.05, 4.69) is 31.9 Å². The largest absolute Gasteiger partial charge is 2.00 e. The third-order valence-corrected chi connectivity index (χ3v) is 23.7. The predicted octanol–water partition coefficient (Wildman–Crippen LogP) is 7.43. The normalized spacial score (nSPS) is 64.4. The van der Waals surface area contributed by atoms with Crippen LogP contribution in [0.3, 0.4) is 0 Å². The number of hydrogen-bond donors (Lipinski definition) is 6. The van der Waals surface area contributed by atoms with Crippen molar-refractivity contribution in [3.63, 3.8) is 0 Å². The van der Waals surface area contributed by atoms with Crippen molar-refractivity contribution in [1.82, 2.24) is 31.9 Å². The topological polar surface area (TPSA) is 100 Å².